The highest BCUT2D eigenvalue weighted by Gasteiger charge is 2.24. The van der Waals surface area contributed by atoms with Crippen LogP contribution < -0.4 is 5.56 Å². The van der Waals surface area contributed by atoms with E-state index in [2.05, 4.69) is 22.0 Å². The summed E-state index contributed by atoms with van der Waals surface area (Å²) < 4.78 is 0. The molecule has 0 unspecified atom stereocenters. The van der Waals surface area contributed by atoms with Gasteiger partial charge in [-0.2, -0.15) is 0 Å². The largest absolute Gasteiger partial charge is 0.342 e. The minimum absolute atomic E-state index is 0.0569. The molecule has 5 heteroatoms. The van der Waals surface area contributed by atoms with E-state index < -0.39 is 0 Å². The maximum absolute atomic E-state index is 12.5. The van der Waals surface area contributed by atoms with Gasteiger partial charge in [-0.15, -0.1) is 0 Å². The summed E-state index contributed by atoms with van der Waals surface area (Å²) >= 11 is 0. The summed E-state index contributed by atoms with van der Waals surface area (Å²) in [5.41, 5.74) is 2.24. The van der Waals surface area contributed by atoms with Crippen LogP contribution in [0.25, 0.3) is 0 Å². The molecule has 1 aromatic carbocycles. The van der Waals surface area contributed by atoms with Crippen molar-refractivity contribution in [3.63, 3.8) is 0 Å². The molecule has 2 heterocycles. The van der Waals surface area contributed by atoms with E-state index in [4.69, 9.17) is 0 Å². The zero-order valence-corrected chi connectivity index (χ0v) is 14.6. The first kappa shape index (κ1) is 17.4. The van der Waals surface area contributed by atoms with Crippen molar-refractivity contribution in [2.45, 2.75) is 25.3 Å². The van der Waals surface area contributed by atoms with Crippen molar-refractivity contribution in [1.82, 2.24) is 14.8 Å². The number of hydrogen-bond donors (Lipinski definition) is 1. The van der Waals surface area contributed by atoms with Crippen LogP contribution in [0.15, 0.2) is 53.5 Å². The zero-order chi connectivity index (χ0) is 17.6. The molecule has 1 amide bonds. The van der Waals surface area contributed by atoms with E-state index in [0.717, 1.165) is 38.0 Å². The first-order valence-electron chi connectivity index (χ1n) is 8.80. The fourth-order valence-corrected chi connectivity index (χ4v) is 3.46. The van der Waals surface area contributed by atoms with Gasteiger partial charge in [-0.3, -0.25) is 14.5 Å². The van der Waals surface area contributed by atoms with Gasteiger partial charge in [0.15, 0.2) is 0 Å². The lowest BCUT2D eigenvalue weighted by molar-refractivity contribution is -0.133. The van der Waals surface area contributed by atoms with Gasteiger partial charge in [0.2, 0.25) is 11.5 Å². The number of hydrogen-bond acceptors (Lipinski definition) is 3. The number of pyridine rings is 1. The molecule has 1 saturated heterocycles. The molecule has 1 N–H and O–H groups in total. The number of rotatable bonds is 5. The monoisotopic (exact) mass is 339 g/mol. The normalized spacial score (nSPS) is 15.5. The van der Waals surface area contributed by atoms with Gasteiger partial charge in [-0.25, -0.2) is 0 Å². The minimum Gasteiger partial charge on any atom is -0.342 e. The van der Waals surface area contributed by atoms with Crippen molar-refractivity contribution in [1.29, 1.82) is 0 Å². The van der Waals surface area contributed by atoms with Gasteiger partial charge >= 0.3 is 0 Å². The van der Waals surface area contributed by atoms with Gasteiger partial charge in [0.25, 0.3) is 0 Å². The van der Waals surface area contributed by atoms with E-state index in [0.29, 0.717) is 12.5 Å². The number of benzene rings is 1. The van der Waals surface area contributed by atoms with Crippen molar-refractivity contribution in [3.05, 3.63) is 70.1 Å². The summed E-state index contributed by atoms with van der Waals surface area (Å²) in [7, 11) is 1.98. The van der Waals surface area contributed by atoms with E-state index >= 15 is 0 Å². The van der Waals surface area contributed by atoms with E-state index in [1.807, 2.05) is 36.2 Å². The Morgan fingerprint density at radius 3 is 2.60 bits per heavy atom. The number of nitrogens with zero attached hydrogens (tertiary/aromatic N) is 2. The molecule has 1 aromatic heterocycles. The lowest BCUT2D eigenvalue weighted by Crippen LogP contribution is -2.42. The van der Waals surface area contributed by atoms with Crippen LogP contribution in [0.3, 0.4) is 0 Å². The summed E-state index contributed by atoms with van der Waals surface area (Å²) in [4.78, 5) is 30.6. The number of nitrogens with one attached hydrogen (secondary N) is 1. The Kier molecular flexibility index (Phi) is 5.66. The number of likely N-dealkylation sites (N-methyl/N-ethyl adjacent to an activating group) is 1. The zero-order valence-electron chi connectivity index (χ0n) is 14.6. The molecule has 1 aliphatic heterocycles. The Labute approximate surface area is 148 Å². The fraction of sp³-hybridized carbons (Fsp3) is 0.400. The smallest absolute Gasteiger partial charge is 0.248 e. The van der Waals surface area contributed by atoms with Gasteiger partial charge in [0.1, 0.15) is 0 Å². The third kappa shape index (κ3) is 4.79. The highest BCUT2D eigenvalue weighted by Crippen LogP contribution is 2.27. The van der Waals surface area contributed by atoms with Crippen LogP contribution in [0.1, 0.15) is 29.9 Å². The summed E-state index contributed by atoms with van der Waals surface area (Å²) in [6.45, 7) is 2.73. The average molecular weight is 339 g/mol. The number of carbonyl (C=O) groups is 1. The number of amides is 1. The lowest BCUT2D eigenvalue weighted by atomic mass is 9.90. The molecule has 0 spiro atoms. The second-order valence-corrected chi connectivity index (χ2v) is 6.80. The van der Waals surface area contributed by atoms with Crippen molar-refractivity contribution < 1.29 is 4.79 Å². The van der Waals surface area contributed by atoms with Crippen molar-refractivity contribution in [2.24, 2.45) is 0 Å². The fourth-order valence-electron chi connectivity index (χ4n) is 3.46. The number of likely N-dealkylation sites (tertiary alicyclic amines) is 1. The third-order valence-electron chi connectivity index (χ3n) is 4.82. The molecule has 1 fully saturated rings. The summed E-state index contributed by atoms with van der Waals surface area (Å²) in [6, 6.07) is 13.8. The van der Waals surface area contributed by atoms with Crippen LogP contribution >= 0.6 is 0 Å². The molecule has 3 rings (SSSR count). The Balaban J connectivity index is 1.49. The second-order valence-electron chi connectivity index (χ2n) is 6.80. The predicted octanol–water partition coefficient (Wildman–Crippen LogP) is 2.21. The lowest BCUT2D eigenvalue weighted by Gasteiger charge is -2.33. The molecule has 2 aromatic rings. The maximum Gasteiger partial charge on any atom is 0.248 e. The van der Waals surface area contributed by atoms with Crippen molar-refractivity contribution in [3.8, 4) is 0 Å². The van der Waals surface area contributed by atoms with Gasteiger partial charge in [-0.1, -0.05) is 30.3 Å². The quantitative estimate of drug-likeness (QED) is 0.909. The van der Waals surface area contributed by atoms with E-state index in [9.17, 15) is 9.59 Å². The molecular weight excluding hydrogens is 314 g/mol. The highest BCUT2D eigenvalue weighted by atomic mass is 16.2. The number of carbonyl (C=O) groups excluding carboxylic acids is 1. The Hall–Kier alpha value is -2.40. The maximum atomic E-state index is 12.5. The third-order valence-corrected chi connectivity index (χ3v) is 4.82. The minimum atomic E-state index is -0.0569. The molecule has 0 radical (unpaired) electrons. The highest BCUT2D eigenvalue weighted by molar-refractivity contribution is 5.78. The molecule has 1 aliphatic rings. The summed E-state index contributed by atoms with van der Waals surface area (Å²) in [5.74, 6) is 0.552. The number of aromatic nitrogens is 1. The topological polar surface area (TPSA) is 56.4 Å². The van der Waals surface area contributed by atoms with E-state index in [1.165, 1.54) is 5.56 Å². The van der Waals surface area contributed by atoms with E-state index in [1.54, 1.807) is 12.3 Å². The number of H-pyrrole nitrogens is 1. The van der Waals surface area contributed by atoms with Crippen LogP contribution in [0.2, 0.25) is 0 Å². The average Bonchev–Trinajstić information content (AvgIpc) is 2.62. The van der Waals surface area contributed by atoms with Crippen LogP contribution in [0.4, 0.5) is 0 Å². The predicted molar refractivity (Wildman–Crippen MR) is 98.4 cm³/mol. The SMILES string of the molecule is CN(CC(=O)N1CCC(c2cc[nH]c(=O)c2)CC1)Cc1ccccc1. The molecule has 132 valence electrons. The molecule has 5 nitrogen and oxygen atoms in total. The number of piperidine rings is 1. The van der Waals surface area contributed by atoms with Crippen LogP contribution in [-0.2, 0) is 11.3 Å². The molecule has 0 atom stereocenters. The molecule has 0 aliphatic carbocycles. The van der Waals surface area contributed by atoms with Gasteiger partial charge in [0.05, 0.1) is 6.54 Å². The van der Waals surface area contributed by atoms with Gasteiger partial charge < -0.3 is 9.88 Å². The first-order chi connectivity index (χ1) is 12.1. The van der Waals surface area contributed by atoms with Crippen LogP contribution in [-0.4, -0.2) is 47.4 Å². The molecule has 25 heavy (non-hydrogen) atoms. The van der Waals surface area contributed by atoms with E-state index in [-0.39, 0.29) is 11.5 Å². The Morgan fingerprint density at radius 2 is 1.92 bits per heavy atom. The van der Waals surface area contributed by atoms with Crippen molar-refractivity contribution >= 4 is 5.91 Å². The van der Waals surface area contributed by atoms with Crippen molar-refractivity contribution in [2.75, 3.05) is 26.7 Å². The summed E-state index contributed by atoms with van der Waals surface area (Å²) in [5, 5.41) is 0. The standard InChI is InChI=1S/C20H25N3O2/c1-22(14-16-5-3-2-4-6-16)15-20(25)23-11-8-17(9-12-23)18-7-10-21-19(24)13-18/h2-7,10,13,17H,8-9,11-12,14-15H2,1H3,(H,21,24). The van der Waals surface area contributed by atoms with Gasteiger partial charge in [-0.05, 0) is 43.0 Å². The number of aromatic amines is 1. The summed E-state index contributed by atoms with van der Waals surface area (Å²) in [6.07, 6.45) is 3.53. The van der Waals surface area contributed by atoms with Crippen LogP contribution in [0.5, 0.6) is 0 Å². The Morgan fingerprint density at radius 1 is 1.20 bits per heavy atom. The Bertz CT molecular complexity index is 749. The van der Waals surface area contributed by atoms with Crippen LogP contribution in [0, 0.1) is 0 Å². The molecular formula is C20H25N3O2. The second kappa shape index (κ2) is 8.12. The van der Waals surface area contributed by atoms with Gasteiger partial charge in [0, 0.05) is 31.9 Å². The molecule has 0 bridgehead atoms. The first-order valence-corrected chi connectivity index (χ1v) is 8.80. The molecule has 0 saturated carbocycles.